The van der Waals surface area contributed by atoms with Crippen LogP contribution in [0, 0.1) is 5.41 Å². The summed E-state index contributed by atoms with van der Waals surface area (Å²) in [5, 5.41) is 14.1. The van der Waals surface area contributed by atoms with Crippen LogP contribution in [0.3, 0.4) is 0 Å². The lowest BCUT2D eigenvalue weighted by Crippen LogP contribution is -2.46. The zero-order valence-corrected chi connectivity index (χ0v) is 14.6. The first-order valence-corrected chi connectivity index (χ1v) is 8.60. The smallest absolute Gasteiger partial charge is 0.226 e. The van der Waals surface area contributed by atoms with E-state index in [-0.39, 0.29) is 17.4 Å². The van der Waals surface area contributed by atoms with Gasteiger partial charge in [-0.05, 0) is 43.9 Å². The van der Waals surface area contributed by atoms with E-state index in [1.165, 1.54) is 0 Å². The maximum atomic E-state index is 12.8. The first-order chi connectivity index (χ1) is 11.0. The molecule has 23 heavy (non-hydrogen) atoms. The predicted molar refractivity (Wildman–Crippen MR) is 91.4 cm³/mol. The molecule has 0 aliphatic heterocycles. The zero-order chi connectivity index (χ0) is 16.9. The number of aliphatic hydroxyl groups is 1. The van der Waals surface area contributed by atoms with Crippen molar-refractivity contribution in [2.24, 2.45) is 5.41 Å². The maximum Gasteiger partial charge on any atom is 0.226 e. The van der Waals surface area contributed by atoms with E-state index >= 15 is 0 Å². The van der Waals surface area contributed by atoms with Crippen LogP contribution in [-0.4, -0.2) is 30.8 Å². The third kappa shape index (κ3) is 4.46. The molecule has 1 aliphatic rings. The van der Waals surface area contributed by atoms with Crippen LogP contribution in [0.5, 0.6) is 0 Å². The van der Waals surface area contributed by atoms with Crippen molar-refractivity contribution in [1.82, 2.24) is 5.32 Å². The number of amides is 1. The van der Waals surface area contributed by atoms with Crippen molar-refractivity contribution >= 4 is 17.5 Å². The van der Waals surface area contributed by atoms with E-state index in [0.29, 0.717) is 11.6 Å². The number of methoxy groups -OCH3 is 1. The minimum atomic E-state index is -0.753. The Morgan fingerprint density at radius 2 is 1.96 bits per heavy atom. The molecular formula is C18H26ClNO3. The van der Waals surface area contributed by atoms with Gasteiger partial charge in [0.2, 0.25) is 5.91 Å². The molecule has 1 aromatic rings. The van der Waals surface area contributed by atoms with Crippen LogP contribution in [0.15, 0.2) is 24.3 Å². The van der Waals surface area contributed by atoms with E-state index in [1.807, 2.05) is 6.92 Å². The van der Waals surface area contributed by atoms with Crippen LogP contribution in [0.4, 0.5) is 0 Å². The second-order valence-corrected chi connectivity index (χ2v) is 6.93. The van der Waals surface area contributed by atoms with Gasteiger partial charge in [-0.2, -0.15) is 0 Å². The minimum Gasteiger partial charge on any atom is -0.386 e. The number of rotatable bonds is 7. The first-order valence-electron chi connectivity index (χ1n) is 8.22. The number of carbonyl (C=O) groups is 1. The molecule has 0 bridgehead atoms. The Morgan fingerprint density at radius 3 is 2.52 bits per heavy atom. The first kappa shape index (κ1) is 18.2. The van der Waals surface area contributed by atoms with Gasteiger partial charge in [-0.1, -0.05) is 36.6 Å². The van der Waals surface area contributed by atoms with Crippen LogP contribution in [0.1, 0.15) is 50.7 Å². The normalized spacial score (nSPS) is 19.3. The molecule has 2 unspecified atom stereocenters. The minimum absolute atomic E-state index is 0.0348. The highest BCUT2D eigenvalue weighted by molar-refractivity contribution is 6.30. The topological polar surface area (TPSA) is 58.6 Å². The molecule has 4 nitrogen and oxygen atoms in total. The SMILES string of the molecule is COCCC1(C(=O)NC(C)C(O)c2ccc(Cl)cc2)CCCC1. The van der Waals surface area contributed by atoms with Crippen LogP contribution in [0.25, 0.3) is 0 Å². The van der Waals surface area contributed by atoms with Gasteiger partial charge in [0.05, 0.1) is 17.6 Å². The lowest BCUT2D eigenvalue weighted by molar-refractivity contribution is -0.133. The van der Waals surface area contributed by atoms with Gasteiger partial charge in [-0.25, -0.2) is 0 Å². The molecule has 0 spiro atoms. The number of aliphatic hydroxyl groups excluding tert-OH is 1. The molecule has 128 valence electrons. The lowest BCUT2D eigenvalue weighted by atomic mass is 9.81. The van der Waals surface area contributed by atoms with E-state index in [2.05, 4.69) is 5.32 Å². The van der Waals surface area contributed by atoms with E-state index in [9.17, 15) is 9.90 Å². The van der Waals surface area contributed by atoms with Crippen molar-refractivity contribution in [1.29, 1.82) is 0 Å². The van der Waals surface area contributed by atoms with E-state index < -0.39 is 6.10 Å². The van der Waals surface area contributed by atoms with Crippen molar-refractivity contribution in [3.63, 3.8) is 0 Å². The molecule has 1 amide bonds. The molecular weight excluding hydrogens is 314 g/mol. The molecule has 5 heteroatoms. The summed E-state index contributed by atoms with van der Waals surface area (Å²) in [6, 6.07) is 6.69. The van der Waals surface area contributed by atoms with Gasteiger partial charge in [-0.15, -0.1) is 0 Å². The molecule has 2 atom stereocenters. The molecule has 1 fully saturated rings. The lowest BCUT2D eigenvalue weighted by Gasteiger charge is -2.30. The van der Waals surface area contributed by atoms with Gasteiger partial charge in [0.1, 0.15) is 0 Å². The molecule has 0 radical (unpaired) electrons. The monoisotopic (exact) mass is 339 g/mol. The third-order valence-electron chi connectivity index (χ3n) is 4.87. The fourth-order valence-corrected chi connectivity index (χ4v) is 3.45. The number of benzene rings is 1. The van der Waals surface area contributed by atoms with Gasteiger partial charge >= 0.3 is 0 Å². The highest BCUT2D eigenvalue weighted by Crippen LogP contribution is 2.41. The van der Waals surface area contributed by atoms with Crippen molar-refractivity contribution in [3.05, 3.63) is 34.9 Å². The number of nitrogens with one attached hydrogen (secondary N) is 1. The van der Waals surface area contributed by atoms with E-state index in [4.69, 9.17) is 16.3 Å². The summed E-state index contributed by atoms with van der Waals surface area (Å²) in [7, 11) is 1.66. The highest BCUT2D eigenvalue weighted by Gasteiger charge is 2.41. The molecule has 1 saturated carbocycles. The van der Waals surface area contributed by atoms with Gasteiger partial charge in [0.25, 0.3) is 0 Å². The molecule has 1 aliphatic carbocycles. The molecule has 1 aromatic carbocycles. The largest absolute Gasteiger partial charge is 0.386 e. The Bertz CT molecular complexity index is 512. The number of carbonyl (C=O) groups excluding carboxylic acids is 1. The Hall–Kier alpha value is -1.10. The van der Waals surface area contributed by atoms with Crippen LogP contribution in [0.2, 0.25) is 5.02 Å². The number of hydrogen-bond acceptors (Lipinski definition) is 3. The van der Waals surface area contributed by atoms with Crippen molar-refractivity contribution in [2.75, 3.05) is 13.7 Å². The molecule has 0 heterocycles. The summed E-state index contributed by atoms with van der Waals surface area (Å²) in [6.45, 7) is 2.41. The second kappa shape index (κ2) is 8.13. The van der Waals surface area contributed by atoms with E-state index in [1.54, 1.807) is 31.4 Å². The number of hydrogen-bond donors (Lipinski definition) is 2. The van der Waals surface area contributed by atoms with Gasteiger partial charge in [0.15, 0.2) is 0 Å². The van der Waals surface area contributed by atoms with Gasteiger partial charge in [-0.3, -0.25) is 4.79 Å². The fraction of sp³-hybridized carbons (Fsp3) is 0.611. The quantitative estimate of drug-likeness (QED) is 0.799. The third-order valence-corrected chi connectivity index (χ3v) is 5.12. The summed E-state index contributed by atoms with van der Waals surface area (Å²) in [5.74, 6) is 0.0348. The summed E-state index contributed by atoms with van der Waals surface area (Å²) >= 11 is 5.87. The van der Waals surface area contributed by atoms with Crippen molar-refractivity contribution < 1.29 is 14.6 Å². The standard InChI is InChI=1S/C18H26ClNO3/c1-13(16(21)14-5-7-15(19)8-6-14)20-17(22)18(11-12-23-2)9-3-4-10-18/h5-8,13,16,21H,3-4,9-12H2,1-2H3,(H,20,22). The Balaban J connectivity index is 2.01. The predicted octanol–water partition coefficient (Wildman–Crippen LogP) is 3.48. The summed E-state index contributed by atoms with van der Waals surface area (Å²) in [4.78, 5) is 12.8. The maximum absolute atomic E-state index is 12.8. The second-order valence-electron chi connectivity index (χ2n) is 6.49. The molecule has 0 aromatic heterocycles. The fourth-order valence-electron chi connectivity index (χ4n) is 3.33. The van der Waals surface area contributed by atoms with Crippen molar-refractivity contribution in [2.45, 2.75) is 51.2 Å². The molecule has 2 N–H and O–H groups in total. The van der Waals surface area contributed by atoms with Gasteiger partial charge in [0, 0.05) is 18.7 Å². The highest BCUT2D eigenvalue weighted by atomic mass is 35.5. The van der Waals surface area contributed by atoms with Crippen LogP contribution in [-0.2, 0) is 9.53 Å². The summed E-state index contributed by atoms with van der Waals surface area (Å²) < 4.78 is 5.17. The Kier molecular flexibility index (Phi) is 6.45. The molecule has 0 saturated heterocycles. The number of ether oxygens (including phenoxy) is 1. The van der Waals surface area contributed by atoms with Crippen molar-refractivity contribution in [3.8, 4) is 0 Å². The van der Waals surface area contributed by atoms with Crippen LogP contribution >= 0.6 is 11.6 Å². The van der Waals surface area contributed by atoms with E-state index in [0.717, 1.165) is 37.7 Å². The summed E-state index contributed by atoms with van der Waals surface area (Å²) in [6.07, 6.45) is 3.92. The summed E-state index contributed by atoms with van der Waals surface area (Å²) in [5.41, 5.74) is 0.406. The zero-order valence-electron chi connectivity index (χ0n) is 13.8. The van der Waals surface area contributed by atoms with Crippen LogP contribution < -0.4 is 5.32 Å². The average molecular weight is 340 g/mol. The number of halogens is 1. The average Bonchev–Trinajstić information content (AvgIpc) is 3.03. The Labute approximate surface area is 143 Å². The Morgan fingerprint density at radius 1 is 1.35 bits per heavy atom. The van der Waals surface area contributed by atoms with Gasteiger partial charge < -0.3 is 15.2 Å². The molecule has 2 rings (SSSR count).